The number of nitrogens with one attached hydrogen (secondary N) is 1. The zero-order valence-corrected chi connectivity index (χ0v) is 10.5. The Bertz CT molecular complexity index is 508. The Labute approximate surface area is 111 Å². The lowest BCUT2D eigenvalue weighted by Gasteiger charge is -2.30. The van der Waals surface area contributed by atoms with Gasteiger partial charge in [0.15, 0.2) is 0 Å². The van der Waals surface area contributed by atoms with Crippen molar-refractivity contribution >= 4 is 17.7 Å². The van der Waals surface area contributed by atoms with Gasteiger partial charge in [0.1, 0.15) is 0 Å². The van der Waals surface area contributed by atoms with E-state index in [1.165, 1.54) is 31.4 Å². The maximum atomic E-state index is 11.9. The lowest BCUT2D eigenvalue weighted by atomic mass is 9.80. The number of aromatic carboxylic acids is 1. The molecule has 2 N–H and O–H groups in total. The lowest BCUT2D eigenvalue weighted by molar-refractivity contribution is 0.0697. The SMILES string of the molecule is O=C(O)c1ccc(N2CC(C3CCC3)NC2=O)cc1. The molecule has 1 aliphatic carbocycles. The molecule has 2 aliphatic rings. The van der Waals surface area contributed by atoms with Crippen LogP contribution in [0.5, 0.6) is 0 Å². The number of carboxylic acids is 1. The van der Waals surface area contributed by atoms with E-state index in [2.05, 4.69) is 5.32 Å². The van der Waals surface area contributed by atoms with E-state index in [0.29, 0.717) is 12.5 Å². The average molecular weight is 260 g/mol. The number of amides is 2. The first-order valence-corrected chi connectivity index (χ1v) is 6.56. The van der Waals surface area contributed by atoms with E-state index < -0.39 is 5.97 Å². The maximum Gasteiger partial charge on any atom is 0.335 e. The largest absolute Gasteiger partial charge is 0.478 e. The molecule has 3 rings (SSSR count). The number of hydrogen-bond acceptors (Lipinski definition) is 2. The quantitative estimate of drug-likeness (QED) is 0.874. The molecular weight excluding hydrogens is 244 g/mol. The van der Waals surface area contributed by atoms with Crippen molar-refractivity contribution in [1.82, 2.24) is 5.32 Å². The van der Waals surface area contributed by atoms with Crippen LogP contribution in [0.25, 0.3) is 0 Å². The topological polar surface area (TPSA) is 69.6 Å². The standard InChI is InChI=1S/C14H16N2O3/c17-13(18)10-4-6-11(7-5-10)16-8-12(15-14(16)19)9-2-1-3-9/h4-7,9,12H,1-3,8H2,(H,15,19)(H,17,18). The Morgan fingerprint density at radius 3 is 2.47 bits per heavy atom. The van der Waals surface area contributed by atoms with Gasteiger partial charge in [0.05, 0.1) is 11.6 Å². The highest BCUT2D eigenvalue weighted by molar-refractivity contribution is 5.95. The molecule has 1 unspecified atom stereocenters. The second-order valence-corrected chi connectivity index (χ2v) is 5.21. The zero-order chi connectivity index (χ0) is 13.4. The number of carbonyl (C=O) groups excluding carboxylic acids is 1. The van der Waals surface area contributed by atoms with Crippen LogP contribution in [0.4, 0.5) is 10.5 Å². The summed E-state index contributed by atoms with van der Waals surface area (Å²) < 4.78 is 0. The number of benzene rings is 1. The van der Waals surface area contributed by atoms with Crippen molar-refractivity contribution in [2.45, 2.75) is 25.3 Å². The lowest BCUT2D eigenvalue weighted by Crippen LogP contribution is -2.37. The summed E-state index contributed by atoms with van der Waals surface area (Å²) in [6, 6.07) is 6.59. The molecule has 1 aromatic rings. The molecule has 1 aromatic carbocycles. The van der Waals surface area contributed by atoms with Gasteiger partial charge in [-0.1, -0.05) is 6.42 Å². The van der Waals surface area contributed by atoms with E-state index in [9.17, 15) is 9.59 Å². The molecule has 100 valence electrons. The smallest absolute Gasteiger partial charge is 0.335 e. The van der Waals surface area contributed by atoms with Gasteiger partial charge in [0, 0.05) is 12.2 Å². The Balaban J connectivity index is 1.74. The number of rotatable bonds is 3. The predicted octanol–water partition coefficient (Wildman–Crippen LogP) is 2.08. The maximum absolute atomic E-state index is 11.9. The molecule has 19 heavy (non-hydrogen) atoms. The van der Waals surface area contributed by atoms with E-state index in [4.69, 9.17) is 5.11 Å². The van der Waals surface area contributed by atoms with E-state index in [1.807, 2.05) is 0 Å². The molecule has 0 bridgehead atoms. The predicted molar refractivity (Wildman–Crippen MR) is 70.4 cm³/mol. The Morgan fingerprint density at radius 1 is 1.26 bits per heavy atom. The number of carboxylic acid groups (broad SMARTS) is 1. The zero-order valence-electron chi connectivity index (χ0n) is 10.5. The highest BCUT2D eigenvalue weighted by Gasteiger charge is 2.37. The number of hydrogen-bond donors (Lipinski definition) is 2. The fourth-order valence-corrected chi connectivity index (χ4v) is 2.68. The highest BCUT2D eigenvalue weighted by atomic mass is 16.4. The summed E-state index contributed by atoms with van der Waals surface area (Å²) in [4.78, 5) is 24.4. The van der Waals surface area contributed by atoms with Gasteiger partial charge in [0.2, 0.25) is 0 Å². The molecule has 2 fully saturated rings. The number of urea groups is 1. The van der Waals surface area contributed by atoms with Crippen LogP contribution in [-0.4, -0.2) is 29.7 Å². The Morgan fingerprint density at radius 2 is 1.95 bits per heavy atom. The molecule has 0 radical (unpaired) electrons. The van der Waals surface area contributed by atoms with Crippen LogP contribution in [0.15, 0.2) is 24.3 Å². The number of nitrogens with zero attached hydrogens (tertiary/aromatic N) is 1. The van der Waals surface area contributed by atoms with Gasteiger partial charge in [-0.2, -0.15) is 0 Å². The van der Waals surface area contributed by atoms with Crippen molar-refractivity contribution in [1.29, 1.82) is 0 Å². The molecule has 0 spiro atoms. The molecule has 1 saturated carbocycles. The first-order valence-electron chi connectivity index (χ1n) is 6.56. The molecule has 1 heterocycles. The summed E-state index contributed by atoms with van der Waals surface area (Å²) >= 11 is 0. The molecule has 5 nitrogen and oxygen atoms in total. The van der Waals surface area contributed by atoms with Gasteiger partial charge >= 0.3 is 12.0 Å². The molecular formula is C14H16N2O3. The van der Waals surface area contributed by atoms with Crippen LogP contribution in [0.1, 0.15) is 29.6 Å². The third-order valence-electron chi connectivity index (χ3n) is 4.08. The van der Waals surface area contributed by atoms with Gasteiger partial charge in [-0.15, -0.1) is 0 Å². The van der Waals surface area contributed by atoms with Crippen molar-refractivity contribution in [3.05, 3.63) is 29.8 Å². The first kappa shape index (κ1) is 12.0. The van der Waals surface area contributed by atoms with E-state index in [1.54, 1.807) is 17.0 Å². The van der Waals surface area contributed by atoms with Crippen molar-refractivity contribution < 1.29 is 14.7 Å². The second kappa shape index (κ2) is 4.57. The van der Waals surface area contributed by atoms with Crippen LogP contribution in [0.2, 0.25) is 0 Å². The van der Waals surface area contributed by atoms with Crippen molar-refractivity contribution in [3.8, 4) is 0 Å². The third kappa shape index (κ3) is 2.16. The van der Waals surface area contributed by atoms with Crippen LogP contribution >= 0.6 is 0 Å². The number of carbonyl (C=O) groups is 2. The van der Waals surface area contributed by atoms with Gasteiger partial charge in [-0.05, 0) is 43.0 Å². The van der Waals surface area contributed by atoms with Crippen LogP contribution in [-0.2, 0) is 0 Å². The summed E-state index contributed by atoms with van der Waals surface area (Å²) in [6.45, 7) is 0.677. The molecule has 1 aliphatic heterocycles. The fourth-order valence-electron chi connectivity index (χ4n) is 2.68. The van der Waals surface area contributed by atoms with Crippen molar-refractivity contribution in [3.63, 3.8) is 0 Å². The highest BCUT2D eigenvalue weighted by Crippen LogP contribution is 2.32. The van der Waals surface area contributed by atoms with Gasteiger partial charge in [-0.25, -0.2) is 9.59 Å². The van der Waals surface area contributed by atoms with Crippen molar-refractivity contribution in [2.75, 3.05) is 11.4 Å². The summed E-state index contributed by atoms with van der Waals surface area (Å²) in [5.74, 6) is -0.350. The molecule has 5 heteroatoms. The van der Waals surface area contributed by atoms with Gasteiger partial charge in [-0.3, -0.25) is 4.90 Å². The van der Waals surface area contributed by atoms with Crippen molar-refractivity contribution in [2.24, 2.45) is 5.92 Å². The molecule has 2 amide bonds. The third-order valence-corrected chi connectivity index (χ3v) is 4.08. The van der Waals surface area contributed by atoms with Crippen LogP contribution in [0, 0.1) is 5.92 Å². The summed E-state index contributed by atoms with van der Waals surface area (Å²) in [7, 11) is 0. The normalized spacial score (nSPS) is 23.1. The number of anilines is 1. The van der Waals surface area contributed by atoms with Crippen LogP contribution < -0.4 is 10.2 Å². The molecule has 1 saturated heterocycles. The van der Waals surface area contributed by atoms with E-state index in [-0.39, 0.29) is 17.6 Å². The molecule has 0 aromatic heterocycles. The van der Waals surface area contributed by atoms with Gasteiger partial charge < -0.3 is 10.4 Å². The van der Waals surface area contributed by atoms with Gasteiger partial charge in [0.25, 0.3) is 0 Å². The second-order valence-electron chi connectivity index (χ2n) is 5.21. The Kier molecular flexibility index (Phi) is 2.89. The Hall–Kier alpha value is -2.04. The fraction of sp³-hybridized carbons (Fsp3) is 0.429. The first-order chi connectivity index (χ1) is 9.15. The minimum Gasteiger partial charge on any atom is -0.478 e. The van der Waals surface area contributed by atoms with E-state index in [0.717, 1.165) is 5.69 Å². The average Bonchev–Trinajstić information content (AvgIpc) is 2.69. The monoisotopic (exact) mass is 260 g/mol. The van der Waals surface area contributed by atoms with E-state index >= 15 is 0 Å². The summed E-state index contributed by atoms with van der Waals surface area (Å²) in [5.41, 5.74) is 0.989. The summed E-state index contributed by atoms with van der Waals surface area (Å²) in [5, 5.41) is 11.9. The minimum atomic E-state index is -0.954. The molecule has 1 atom stereocenters. The summed E-state index contributed by atoms with van der Waals surface area (Å²) in [6.07, 6.45) is 3.64. The van der Waals surface area contributed by atoms with Crippen LogP contribution in [0.3, 0.4) is 0 Å². The minimum absolute atomic E-state index is 0.0834.